The maximum Gasteiger partial charge on any atom is 0.0330 e. The Morgan fingerprint density at radius 1 is 1.18 bits per heavy atom. The Hall–Kier alpha value is -0.300. The van der Waals surface area contributed by atoms with Crippen molar-refractivity contribution in [2.24, 2.45) is 5.41 Å². The predicted octanol–water partition coefficient (Wildman–Crippen LogP) is 4.93. The monoisotopic (exact) mass is 239 g/mol. The third-order valence-corrected chi connectivity index (χ3v) is 3.57. The molecule has 102 valence electrons. The molecule has 17 heavy (non-hydrogen) atoms. The highest BCUT2D eigenvalue weighted by Crippen LogP contribution is 2.32. The summed E-state index contributed by atoms with van der Waals surface area (Å²) in [6, 6.07) is 0.970. The molecule has 0 heterocycles. The molecule has 0 rings (SSSR count). The van der Waals surface area contributed by atoms with Crippen LogP contribution in [-0.4, -0.2) is 12.1 Å². The summed E-state index contributed by atoms with van der Waals surface area (Å²) in [5, 5.41) is 3.70. The molecule has 1 N–H and O–H groups in total. The van der Waals surface area contributed by atoms with E-state index in [1.54, 1.807) is 0 Å². The molecule has 0 spiro atoms. The summed E-state index contributed by atoms with van der Waals surface area (Å²) in [7, 11) is 0. The van der Waals surface area contributed by atoms with Gasteiger partial charge in [0, 0.05) is 12.1 Å². The van der Waals surface area contributed by atoms with Crippen LogP contribution in [0.4, 0.5) is 0 Å². The summed E-state index contributed by atoms with van der Waals surface area (Å²) in [6.07, 6.45) is 6.33. The average Bonchev–Trinajstić information content (AvgIpc) is 2.24. The van der Waals surface area contributed by atoms with Crippen LogP contribution >= 0.6 is 0 Å². The van der Waals surface area contributed by atoms with Gasteiger partial charge in [0.25, 0.3) is 0 Å². The Kier molecular flexibility index (Phi) is 7.78. The highest BCUT2D eigenvalue weighted by atomic mass is 15.0. The topological polar surface area (TPSA) is 12.0 Å². The maximum atomic E-state index is 4.26. The SMILES string of the molecule is C=C(CC)C(NC(C)C)C(C)(C)CCCCC. The smallest absolute Gasteiger partial charge is 0.0330 e. The van der Waals surface area contributed by atoms with E-state index in [1.165, 1.54) is 31.3 Å². The summed E-state index contributed by atoms with van der Waals surface area (Å²) in [4.78, 5) is 0. The van der Waals surface area contributed by atoms with Crippen molar-refractivity contribution in [3.05, 3.63) is 12.2 Å². The normalized spacial score (nSPS) is 14.1. The molecule has 0 aliphatic rings. The fourth-order valence-electron chi connectivity index (χ4n) is 2.41. The van der Waals surface area contributed by atoms with E-state index in [-0.39, 0.29) is 0 Å². The zero-order valence-corrected chi connectivity index (χ0v) is 12.9. The van der Waals surface area contributed by atoms with Crippen LogP contribution in [0.25, 0.3) is 0 Å². The van der Waals surface area contributed by atoms with Gasteiger partial charge in [0.1, 0.15) is 0 Å². The van der Waals surface area contributed by atoms with Gasteiger partial charge in [-0.25, -0.2) is 0 Å². The Bertz CT molecular complexity index is 216. The van der Waals surface area contributed by atoms with E-state index in [0.29, 0.717) is 17.5 Å². The van der Waals surface area contributed by atoms with Gasteiger partial charge in [0.2, 0.25) is 0 Å². The maximum absolute atomic E-state index is 4.26. The molecule has 0 bridgehead atoms. The van der Waals surface area contributed by atoms with Crippen LogP contribution in [-0.2, 0) is 0 Å². The molecule has 0 aromatic heterocycles. The molecule has 0 aromatic rings. The Morgan fingerprint density at radius 3 is 2.18 bits per heavy atom. The second-order valence-corrected chi connectivity index (χ2v) is 6.21. The fraction of sp³-hybridized carbons (Fsp3) is 0.875. The van der Waals surface area contributed by atoms with Crippen LogP contribution < -0.4 is 5.32 Å². The van der Waals surface area contributed by atoms with Gasteiger partial charge in [-0.15, -0.1) is 0 Å². The number of hydrogen-bond acceptors (Lipinski definition) is 1. The van der Waals surface area contributed by atoms with Crippen LogP contribution in [0.2, 0.25) is 0 Å². The molecule has 1 unspecified atom stereocenters. The number of nitrogens with one attached hydrogen (secondary N) is 1. The quantitative estimate of drug-likeness (QED) is 0.444. The van der Waals surface area contributed by atoms with E-state index in [1.807, 2.05) is 0 Å². The standard InChI is InChI=1S/C16H33N/c1-8-10-11-12-16(6,7)15(14(5)9-2)17-13(3)4/h13,15,17H,5,8-12H2,1-4,6-7H3. The van der Waals surface area contributed by atoms with Gasteiger partial charge in [-0.3, -0.25) is 0 Å². The molecular formula is C16H33N. The van der Waals surface area contributed by atoms with Crippen LogP contribution in [0.5, 0.6) is 0 Å². The number of hydrogen-bond donors (Lipinski definition) is 1. The van der Waals surface area contributed by atoms with Crippen molar-refractivity contribution < 1.29 is 0 Å². The molecule has 1 nitrogen and oxygen atoms in total. The Balaban J connectivity index is 4.57. The van der Waals surface area contributed by atoms with E-state index >= 15 is 0 Å². The predicted molar refractivity (Wildman–Crippen MR) is 79.4 cm³/mol. The van der Waals surface area contributed by atoms with Gasteiger partial charge in [0.15, 0.2) is 0 Å². The lowest BCUT2D eigenvalue weighted by Gasteiger charge is -2.38. The van der Waals surface area contributed by atoms with Crippen molar-refractivity contribution in [2.45, 2.75) is 85.7 Å². The van der Waals surface area contributed by atoms with Gasteiger partial charge < -0.3 is 5.32 Å². The lowest BCUT2D eigenvalue weighted by molar-refractivity contribution is 0.229. The van der Waals surface area contributed by atoms with Gasteiger partial charge in [-0.05, 0) is 18.3 Å². The highest BCUT2D eigenvalue weighted by molar-refractivity contribution is 5.10. The molecule has 0 saturated heterocycles. The molecule has 0 amide bonds. The van der Waals surface area contributed by atoms with E-state index in [9.17, 15) is 0 Å². The molecule has 0 aliphatic carbocycles. The summed E-state index contributed by atoms with van der Waals surface area (Å²) in [5.41, 5.74) is 1.66. The Morgan fingerprint density at radius 2 is 1.76 bits per heavy atom. The molecule has 1 heteroatoms. The van der Waals surface area contributed by atoms with Crippen molar-refractivity contribution in [3.8, 4) is 0 Å². The third-order valence-electron chi connectivity index (χ3n) is 3.57. The van der Waals surface area contributed by atoms with Crippen molar-refractivity contribution >= 4 is 0 Å². The van der Waals surface area contributed by atoms with Gasteiger partial charge in [-0.2, -0.15) is 0 Å². The largest absolute Gasteiger partial charge is 0.308 e. The van der Waals surface area contributed by atoms with Gasteiger partial charge in [-0.1, -0.05) is 73.0 Å². The zero-order chi connectivity index (χ0) is 13.5. The molecular weight excluding hydrogens is 206 g/mol. The first-order valence-corrected chi connectivity index (χ1v) is 7.28. The van der Waals surface area contributed by atoms with E-state index in [4.69, 9.17) is 0 Å². The fourth-order valence-corrected chi connectivity index (χ4v) is 2.41. The van der Waals surface area contributed by atoms with Crippen molar-refractivity contribution in [1.82, 2.24) is 5.32 Å². The molecule has 0 fully saturated rings. The first-order valence-electron chi connectivity index (χ1n) is 7.28. The third kappa shape index (κ3) is 6.26. The molecule has 0 aliphatic heterocycles. The van der Waals surface area contributed by atoms with Gasteiger partial charge in [0.05, 0.1) is 0 Å². The summed E-state index contributed by atoms with van der Waals surface area (Å²) >= 11 is 0. The minimum Gasteiger partial charge on any atom is -0.308 e. The summed E-state index contributed by atoms with van der Waals surface area (Å²) in [5.74, 6) is 0. The molecule has 0 saturated carbocycles. The van der Waals surface area contributed by atoms with E-state index in [2.05, 4.69) is 53.4 Å². The summed E-state index contributed by atoms with van der Waals surface area (Å²) in [6.45, 7) is 17.9. The van der Waals surface area contributed by atoms with Crippen LogP contribution in [0.3, 0.4) is 0 Å². The second kappa shape index (κ2) is 7.92. The van der Waals surface area contributed by atoms with Crippen molar-refractivity contribution in [3.63, 3.8) is 0 Å². The molecule has 0 radical (unpaired) electrons. The number of rotatable bonds is 9. The van der Waals surface area contributed by atoms with E-state index < -0.39 is 0 Å². The van der Waals surface area contributed by atoms with Crippen molar-refractivity contribution in [2.75, 3.05) is 0 Å². The van der Waals surface area contributed by atoms with Crippen LogP contribution in [0.15, 0.2) is 12.2 Å². The van der Waals surface area contributed by atoms with Gasteiger partial charge >= 0.3 is 0 Å². The minimum atomic E-state index is 0.312. The first kappa shape index (κ1) is 16.7. The molecule has 0 aromatic carbocycles. The van der Waals surface area contributed by atoms with Crippen LogP contribution in [0, 0.1) is 5.41 Å². The first-order chi connectivity index (χ1) is 7.85. The molecule has 1 atom stereocenters. The Labute approximate surface area is 109 Å². The second-order valence-electron chi connectivity index (χ2n) is 6.21. The van der Waals surface area contributed by atoms with Crippen LogP contribution in [0.1, 0.15) is 73.6 Å². The number of unbranched alkanes of at least 4 members (excludes halogenated alkanes) is 2. The lowest BCUT2D eigenvalue weighted by Crippen LogP contribution is -2.46. The van der Waals surface area contributed by atoms with E-state index in [0.717, 1.165) is 6.42 Å². The highest BCUT2D eigenvalue weighted by Gasteiger charge is 2.30. The lowest BCUT2D eigenvalue weighted by atomic mass is 9.75. The minimum absolute atomic E-state index is 0.312. The average molecular weight is 239 g/mol. The van der Waals surface area contributed by atoms with Crippen molar-refractivity contribution in [1.29, 1.82) is 0 Å². The zero-order valence-electron chi connectivity index (χ0n) is 12.9. The summed E-state index contributed by atoms with van der Waals surface area (Å²) < 4.78 is 0.